The van der Waals surface area contributed by atoms with Crippen molar-refractivity contribution < 1.29 is 0 Å². The summed E-state index contributed by atoms with van der Waals surface area (Å²) in [6.07, 6.45) is 4.25. The first-order chi connectivity index (χ1) is 5.71. The Bertz CT molecular complexity index is 162. The molecular weight excluding hydrogens is 184 g/mol. The fraction of sp³-hybridized carbons (Fsp3) is 1.00. The van der Waals surface area contributed by atoms with Gasteiger partial charge >= 0.3 is 0 Å². The third kappa shape index (κ3) is 2.58. The van der Waals surface area contributed by atoms with Crippen LogP contribution in [0.5, 0.6) is 0 Å². The predicted molar refractivity (Wildman–Crippen MR) is 58.5 cm³/mol. The van der Waals surface area contributed by atoms with E-state index in [2.05, 4.69) is 24.2 Å². The van der Waals surface area contributed by atoms with E-state index in [0.29, 0.717) is 5.54 Å². The average Bonchev–Trinajstić information content (AvgIpc) is 2.73. The van der Waals surface area contributed by atoms with Gasteiger partial charge in [0.2, 0.25) is 0 Å². The lowest BCUT2D eigenvalue weighted by atomic mass is 9.99. The largest absolute Gasteiger partial charge is 0.315 e. The molecule has 13 heavy (non-hydrogen) atoms. The average molecular weight is 205 g/mol. The Morgan fingerprint density at radius 2 is 2.15 bits per heavy atom. The highest BCUT2D eigenvalue weighted by Crippen LogP contribution is 2.32. The van der Waals surface area contributed by atoms with Crippen LogP contribution in [-0.2, 0) is 0 Å². The van der Waals surface area contributed by atoms with E-state index in [1.165, 1.54) is 38.9 Å². The van der Waals surface area contributed by atoms with E-state index in [1.54, 1.807) is 0 Å². The van der Waals surface area contributed by atoms with Gasteiger partial charge < -0.3 is 5.32 Å². The van der Waals surface area contributed by atoms with Crippen molar-refractivity contribution in [3.63, 3.8) is 0 Å². The van der Waals surface area contributed by atoms with Gasteiger partial charge in [-0.1, -0.05) is 0 Å². The van der Waals surface area contributed by atoms with Crippen LogP contribution in [-0.4, -0.2) is 37.1 Å². The maximum Gasteiger partial charge on any atom is 0.0314 e. The highest BCUT2D eigenvalue weighted by molar-refractivity contribution is 5.85. The summed E-state index contributed by atoms with van der Waals surface area (Å²) in [4.78, 5) is 2.56. The summed E-state index contributed by atoms with van der Waals surface area (Å²) in [5.41, 5.74) is 0.447. The highest BCUT2D eigenvalue weighted by atomic mass is 35.5. The van der Waals surface area contributed by atoms with E-state index in [4.69, 9.17) is 0 Å². The third-order valence-corrected chi connectivity index (χ3v) is 3.50. The fourth-order valence-corrected chi connectivity index (χ4v) is 2.04. The van der Waals surface area contributed by atoms with E-state index >= 15 is 0 Å². The van der Waals surface area contributed by atoms with Crippen LogP contribution in [0.1, 0.15) is 26.2 Å². The predicted octanol–water partition coefficient (Wildman–Crippen LogP) is 1.50. The van der Waals surface area contributed by atoms with Gasteiger partial charge in [-0.05, 0) is 45.7 Å². The maximum absolute atomic E-state index is 3.45. The van der Waals surface area contributed by atoms with E-state index < -0.39 is 0 Å². The Balaban J connectivity index is 0.000000845. The van der Waals surface area contributed by atoms with E-state index in [1.807, 2.05) is 0 Å². The van der Waals surface area contributed by atoms with Gasteiger partial charge in [0, 0.05) is 18.6 Å². The molecule has 2 aliphatic rings. The zero-order valence-corrected chi connectivity index (χ0v) is 9.49. The molecule has 0 amide bonds. The fourth-order valence-electron chi connectivity index (χ4n) is 2.04. The van der Waals surface area contributed by atoms with E-state index in [0.717, 1.165) is 5.92 Å². The van der Waals surface area contributed by atoms with Gasteiger partial charge in [0.25, 0.3) is 0 Å². The molecule has 3 heteroatoms. The number of likely N-dealkylation sites (N-methyl/N-ethyl adjacent to an activating group) is 1. The van der Waals surface area contributed by atoms with Gasteiger partial charge in [0.15, 0.2) is 0 Å². The van der Waals surface area contributed by atoms with Crippen molar-refractivity contribution in [2.45, 2.75) is 31.7 Å². The Labute approximate surface area is 87.5 Å². The van der Waals surface area contributed by atoms with Crippen molar-refractivity contribution in [3.8, 4) is 0 Å². The monoisotopic (exact) mass is 204 g/mol. The summed E-state index contributed by atoms with van der Waals surface area (Å²) in [7, 11) is 2.28. The van der Waals surface area contributed by atoms with Crippen LogP contribution in [0.3, 0.4) is 0 Å². The first-order valence-electron chi connectivity index (χ1n) is 5.13. The minimum Gasteiger partial charge on any atom is -0.315 e. The lowest BCUT2D eigenvalue weighted by Gasteiger charge is -2.34. The number of nitrogens with zero attached hydrogens (tertiary/aromatic N) is 1. The SMILES string of the molecule is CN(CC1CC1)C1(C)CCNC1.Cl. The third-order valence-electron chi connectivity index (χ3n) is 3.50. The smallest absolute Gasteiger partial charge is 0.0314 e. The van der Waals surface area contributed by atoms with Crippen LogP contribution < -0.4 is 5.32 Å². The van der Waals surface area contributed by atoms with Gasteiger partial charge in [0.05, 0.1) is 0 Å². The number of nitrogens with one attached hydrogen (secondary N) is 1. The van der Waals surface area contributed by atoms with Crippen LogP contribution in [0.15, 0.2) is 0 Å². The minimum atomic E-state index is 0. The van der Waals surface area contributed by atoms with Crippen molar-refractivity contribution in [1.82, 2.24) is 10.2 Å². The second-order valence-corrected chi connectivity index (χ2v) is 4.75. The summed E-state index contributed by atoms with van der Waals surface area (Å²) in [6, 6.07) is 0. The van der Waals surface area contributed by atoms with Gasteiger partial charge in [-0.15, -0.1) is 12.4 Å². The van der Waals surface area contributed by atoms with Crippen molar-refractivity contribution in [2.24, 2.45) is 5.92 Å². The van der Waals surface area contributed by atoms with Crippen LogP contribution >= 0.6 is 12.4 Å². The maximum atomic E-state index is 3.45. The molecule has 2 nitrogen and oxygen atoms in total. The summed E-state index contributed by atoms with van der Waals surface area (Å²) in [6.45, 7) is 6.08. The molecule has 0 aromatic carbocycles. The van der Waals surface area contributed by atoms with E-state index in [-0.39, 0.29) is 12.4 Å². The molecule has 0 radical (unpaired) electrons. The van der Waals surface area contributed by atoms with Gasteiger partial charge in [-0.25, -0.2) is 0 Å². The Kier molecular flexibility index (Phi) is 3.61. The summed E-state index contributed by atoms with van der Waals surface area (Å²) >= 11 is 0. The molecule has 0 aromatic rings. The van der Waals surface area contributed by atoms with Crippen LogP contribution in [0.2, 0.25) is 0 Å². The molecule has 0 aromatic heterocycles. The normalized spacial score (nSPS) is 33.5. The molecular formula is C10H21ClN2. The Hall–Kier alpha value is 0.210. The second kappa shape index (κ2) is 4.16. The van der Waals surface area contributed by atoms with E-state index in [9.17, 15) is 0 Å². The minimum absolute atomic E-state index is 0. The molecule has 1 N–H and O–H groups in total. The van der Waals surface area contributed by atoms with Crippen molar-refractivity contribution >= 4 is 12.4 Å². The van der Waals surface area contributed by atoms with Crippen molar-refractivity contribution in [2.75, 3.05) is 26.7 Å². The molecule has 1 heterocycles. The van der Waals surface area contributed by atoms with Crippen LogP contribution in [0.25, 0.3) is 0 Å². The number of halogens is 1. The molecule has 1 atom stereocenters. The Morgan fingerprint density at radius 3 is 2.62 bits per heavy atom. The standard InChI is InChI=1S/C10H20N2.ClH/c1-10(5-6-11-8-10)12(2)7-9-3-4-9;/h9,11H,3-8H2,1-2H3;1H. The lowest BCUT2D eigenvalue weighted by molar-refractivity contribution is 0.150. The molecule has 1 aliphatic heterocycles. The lowest BCUT2D eigenvalue weighted by Crippen LogP contribution is -2.46. The molecule has 1 aliphatic carbocycles. The van der Waals surface area contributed by atoms with Crippen molar-refractivity contribution in [3.05, 3.63) is 0 Å². The number of hydrogen-bond acceptors (Lipinski definition) is 2. The van der Waals surface area contributed by atoms with Crippen LogP contribution in [0, 0.1) is 5.92 Å². The van der Waals surface area contributed by atoms with Gasteiger partial charge in [-0.2, -0.15) is 0 Å². The van der Waals surface area contributed by atoms with Crippen molar-refractivity contribution in [1.29, 1.82) is 0 Å². The Morgan fingerprint density at radius 1 is 1.46 bits per heavy atom. The summed E-state index contributed by atoms with van der Waals surface area (Å²) < 4.78 is 0. The zero-order chi connectivity index (χ0) is 8.60. The first kappa shape index (κ1) is 11.3. The molecule has 0 spiro atoms. The molecule has 0 bridgehead atoms. The molecule has 78 valence electrons. The number of hydrogen-bond donors (Lipinski definition) is 1. The molecule has 1 unspecified atom stereocenters. The van der Waals surface area contributed by atoms with Crippen LogP contribution in [0.4, 0.5) is 0 Å². The second-order valence-electron chi connectivity index (χ2n) is 4.75. The topological polar surface area (TPSA) is 15.3 Å². The molecule has 2 fully saturated rings. The quantitative estimate of drug-likeness (QED) is 0.750. The first-order valence-corrected chi connectivity index (χ1v) is 5.13. The number of rotatable bonds is 3. The summed E-state index contributed by atoms with van der Waals surface area (Å²) in [5.74, 6) is 1.02. The molecule has 1 saturated heterocycles. The van der Waals surface area contributed by atoms with Gasteiger partial charge in [0.1, 0.15) is 0 Å². The highest BCUT2D eigenvalue weighted by Gasteiger charge is 2.35. The molecule has 2 rings (SSSR count). The zero-order valence-electron chi connectivity index (χ0n) is 8.68. The molecule has 1 saturated carbocycles. The van der Waals surface area contributed by atoms with Gasteiger partial charge in [-0.3, -0.25) is 4.90 Å². The summed E-state index contributed by atoms with van der Waals surface area (Å²) in [5, 5.41) is 3.45.